The second-order valence-electron chi connectivity index (χ2n) is 22.2. The minimum atomic E-state index is -1.56. The van der Waals surface area contributed by atoms with E-state index in [-0.39, 0.29) is 12.5 Å². The molecule has 0 aromatic rings. The third kappa shape index (κ3) is 45.8. The molecule has 446 valence electrons. The molecule has 0 aromatic carbocycles. The van der Waals surface area contributed by atoms with E-state index < -0.39 is 49.5 Å². The van der Waals surface area contributed by atoms with E-state index in [0.29, 0.717) is 12.8 Å². The Hall–Kier alpha value is -2.63. The number of allylic oxidation sites excluding steroid dienone is 14. The number of carbonyl (C=O) groups excluding carboxylic acids is 1. The highest BCUT2D eigenvalue weighted by atomic mass is 16.7. The van der Waals surface area contributed by atoms with E-state index in [1.807, 2.05) is 0 Å². The Labute approximate surface area is 473 Å². The Morgan fingerprint density at radius 3 is 1.19 bits per heavy atom. The predicted octanol–water partition coefficient (Wildman–Crippen LogP) is 17.0. The fourth-order valence-electron chi connectivity index (χ4n) is 9.97. The van der Waals surface area contributed by atoms with Crippen molar-refractivity contribution >= 4 is 5.91 Å². The average Bonchev–Trinajstić information content (AvgIpc) is 3.43. The van der Waals surface area contributed by atoms with Crippen LogP contribution in [0.25, 0.3) is 0 Å². The van der Waals surface area contributed by atoms with E-state index in [9.17, 15) is 30.3 Å². The summed E-state index contributed by atoms with van der Waals surface area (Å²) >= 11 is 0. The molecule has 0 aromatic heterocycles. The molecule has 7 atom stereocenters. The minimum absolute atomic E-state index is 0.150. The first kappa shape index (κ1) is 72.4. The number of aliphatic hydroxyl groups is 5. The van der Waals surface area contributed by atoms with Crippen molar-refractivity contribution in [2.45, 2.75) is 326 Å². The van der Waals surface area contributed by atoms with Crippen LogP contribution in [0, 0.1) is 0 Å². The van der Waals surface area contributed by atoms with Gasteiger partial charge in [0.1, 0.15) is 24.4 Å². The van der Waals surface area contributed by atoms with Crippen molar-refractivity contribution in [3.8, 4) is 0 Å². The molecule has 1 rings (SSSR count). The van der Waals surface area contributed by atoms with Crippen LogP contribution in [0.3, 0.4) is 0 Å². The van der Waals surface area contributed by atoms with Crippen molar-refractivity contribution in [2.75, 3.05) is 13.2 Å². The number of unbranched alkanes of at least 4 members (excludes halogenated alkanes) is 31. The standard InChI is InChI=1S/C68H121NO8/c1-3-5-7-9-11-13-15-17-19-21-23-25-27-29-31-33-35-37-39-41-43-45-47-49-51-53-55-57-62(71)61(60-76-68-67(75)66(74)65(73)63(59-70)77-68)69-64(72)58-56-54-52-50-48-46-44-42-40-38-36-34-32-30-28-26-24-22-20-18-16-14-12-10-8-6-4-2/h6,8,12,14,18,20,24,26,30,32,36,38,42,44,61-63,65-68,70-71,73-75H,3-5,7,9-11,13,15-17,19,21-23,25,27-29,31,33-35,37,39-41,43,45-60H2,1-2H3,(H,69,72)/b8-6-,14-12-,20-18-,26-24-,32-30-,38-36-,44-42-. The topological polar surface area (TPSA) is 149 Å². The van der Waals surface area contributed by atoms with Crippen molar-refractivity contribution in [2.24, 2.45) is 0 Å². The summed E-state index contributed by atoms with van der Waals surface area (Å²) < 4.78 is 11.3. The van der Waals surface area contributed by atoms with Crippen LogP contribution < -0.4 is 5.32 Å². The van der Waals surface area contributed by atoms with E-state index in [4.69, 9.17) is 9.47 Å². The largest absolute Gasteiger partial charge is 0.394 e. The van der Waals surface area contributed by atoms with Crippen molar-refractivity contribution in [1.29, 1.82) is 0 Å². The highest BCUT2D eigenvalue weighted by Crippen LogP contribution is 2.23. The lowest BCUT2D eigenvalue weighted by molar-refractivity contribution is -0.302. The summed E-state index contributed by atoms with van der Waals surface area (Å²) in [6.45, 7) is 3.74. The number of hydrogen-bond acceptors (Lipinski definition) is 8. The summed E-state index contributed by atoms with van der Waals surface area (Å²) in [6, 6.07) is -0.737. The lowest BCUT2D eigenvalue weighted by Crippen LogP contribution is -2.60. The van der Waals surface area contributed by atoms with Gasteiger partial charge in [-0.1, -0.05) is 292 Å². The van der Waals surface area contributed by atoms with E-state index in [1.54, 1.807) is 0 Å². The molecule has 0 bridgehead atoms. The van der Waals surface area contributed by atoms with Crippen LogP contribution in [-0.4, -0.2) is 87.5 Å². The maximum Gasteiger partial charge on any atom is 0.220 e. The summed E-state index contributed by atoms with van der Waals surface area (Å²) in [6.07, 6.45) is 73.4. The highest BCUT2D eigenvalue weighted by Gasteiger charge is 2.44. The Morgan fingerprint density at radius 1 is 0.455 bits per heavy atom. The highest BCUT2D eigenvalue weighted by molar-refractivity contribution is 5.76. The first-order valence-corrected chi connectivity index (χ1v) is 32.3. The Balaban J connectivity index is 2.19. The van der Waals surface area contributed by atoms with E-state index in [0.717, 1.165) is 103 Å². The van der Waals surface area contributed by atoms with Gasteiger partial charge in [0.2, 0.25) is 5.91 Å². The number of hydrogen-bond donors (Lipinski definition) is 6. The van der Waals surface area contributed by atoms with Gasteiger partial charge >= 0.3 is 0 Å². The van der Waals surface area contributed by atoms with Crippen LogP contribution >= 0.6 is 0 Å². The normalized spacial score (nSPS) is 19.3. The molecule has 6 N–H and O–H groups in total. The molecule has 0 aliphatic carbocycles. The van der Waals surface area contributed by atoms with Gasteiger partial charge in [0.05, 0.1) is 25.4 Å². The summed E-state index contributed by atoms with van der Waals surface area (Å²) in [7, 11) is 0. The molecular formula is C68H121NO8. The van der Waals surface area contributed by atoms with Gasteiger partial charge in [0.15, 0.2) is 6.29 Å². The van der Waals surface area contributed by atoms with Gasteiger partial charge in [-0.3, -0.25) is 4.79 Å². The summed E-state index contributed by atoms with van der Waals surface area (Å²) in [5.74, 6) is -0.163. The van der Waals surface area contributed by atoms with Crippen LogP contribution in [-0.2, 0) is 14.3 Å². The van der Waals surface area contributed by atoms with Gasteiger partial charge in [-0.15, -0.1) is 0 Å². The molecule has 77 heavy (non-hydrogen) atoms. The van der Waals surface area contributed by atoms with Gasteiger partial charge in [0.25, 0.3) is 0 Å². The van der Waals surface area contributed by atoms with E-state index >= 15 is 0 Å². The smallest absolute Gasteiger partial charge is 0.220 e. The SMILES string of the molecule is CC/C=C\C/C=C\C/C=C\C/C=C\C/C=C\C/C=C\C/C=C\CCCCCCCC(=O)NC(COC1OC(CO)C(O)C(O)C1O)C(O)CCCCCCCCCCCCCCCCCCCCCCCCCCCCC. The number of rotatable bonds is 55. The lowest BCUT2D eigenvalue weighted by atomic mass is 9.99. The van der Waals surface area contributed by atoms with Gasteiger partial charge in [-0.25, -0.2) is 0 Å². The zero-order valence-electron chi connectivity index (χ0n) is 49.7. The van der Waals surface area contributed by atoms with Crippen molar-refractivity contribution in [1.82, 2.24) is 5.32 Å². The zero-order chi connectivity index (χ0) is 55.8. The number of nitrogens with one attached hydrogen (secondary N) is 1. The van der Waals surface area contributed by atoms with E-state index in [1.165, 1.54) is 154 Å². The fraction of sp³-hybridized carbons (Fsp3) is 0.779. The molecule has 9 heteroatoms. The average molecular weight is 1080 g/mol. The summed E-state index contributed by atoms with van der Waals surface area (Å²) in [5, 5.41) is 54.8. The number of aliphatic hydroxyl groups excluding tert-OH is 5. The molecule has 7 unspecified atom stereocenters. The van der Waals surface area contributed by atoms with Crippen LogP contribution in [0.2, 0.25) is 0 Å². The molecule has 1 fully saturated rings. The third-order valence-electron chi connectivity index (χ3n) is 15.0. The predicted molar refractivity (Wildman–Crippen MR) is 327 cm³/mol. The quantitative estimate of drug-likeness (QED) is 0.0261. The molecule has 9 nitrogen and oxygen atoms in total. The Kier molecular flexibility index (Phi) is 53.2. The van der Waals surface area contributed by atoms with Crippen molar-refractivity contribution < 1.29 is 39.8 Å². The van der Waals surface area contributed by atoms with Gasteiger partial charge < -0.3 is 40.3 Å². The van der Waals surface area contributed by atoms with Crippen molar-refractivity contribution in [3.63, 3.8) is 0 Å². The second kappa shape index (κ2) is 56.6. The molecule has 1 amide bonds. The van der Waals surface area contributed by atoms with Gasteiger partial charge in [-0.2, -0.15) is 0 Å². The molecule has 0 saturated carbocycles. The number of carbonyl (C=O) groups is 1. The molecule has 1 heterocycles. The monoisotopic (exact) mass is 1080 g/mol. The number of ether oxygens (including phenoxy) is 2. The summed E-state index contributed by atoms with van der Waals surface area (Å²) in [5.41, 5.74) is 0. The maximum atomic E-state index is 13.1. The first-order chi connectivity index (χ1) is 37.8. The van der Waals surface area contributed by atoms with Gasteiger partial charge in [-0.05, 0) is 70.6 Å². The fourth-order valence-corrected chi connectivity index (χ4v) is 9.97. The Morgan fingerprint density at radius 2 is 0.805 bits per heavy atom. The molecule has 0 spiro atoms. The third-order valence-corrected chi connectivity index (χ3v) is 15.0. The minimum Gasteiger partial charge on any atom is -0.394 e. The number of amides is 1. The van der Waals surface area contributed by atoms with Crippen LogP contribution in [0.15, 0.2) is 85.1 Å². The summed E-state index contributed by atoms with van der Waals surface area (Å²) in [4.78, 5) is 13.1. The lowest BCUT2D eigenvalue weighted by Gasteiger charge is -2.40. The first-order valence-electron chi connectivity index (χ1n) is 32.3. The Bertz CT molecular complexity index is 1490. The zero-order valence-corrected chi connectivity index (χ0v) is 49.7. The molecule has 1 aliphatic heterocycles. The molecule has 1 saturated heterocycles. The van der Waals surface area contributed by atoms with Crippen LogP contribution in [0.5, 0.6) is 0 Å². The van der Waals surface area contributed by atoms with Gasteiger partial charge in [0, 0.05) is 6.42 Å². The molecule has 1 aliphatic rings. The van der Waals surface area contributed by atoms with Crippen molar-refractivity contribution in [3.05, 3.63) is 85.1 Å². The molecular weight excluding hydrogens is 959 g/mol. The van der Waals surface area contributed by atoms with Crippen LogP contribution in [0.4, 0.5) is 0 Å². The maximum absolute atomic E-state index is 13.1. The van der Waals surface area contributed by atoms with Crippen LogP contribution in [0.1, 0.15) is 284 Å². The second-order valence-corrected chi connectivity index (χ2v) is 22.2. The van der Waals surface area contributed by atoms with E-state index in [2.05, 4.69) is 104 Å². The molecule has 0 radical (unpaired) electrons.